The maximum atomic E-state index is 13.2. The number of hydrogen-bond donors (Lipinski definition) is 1. The standard InChI is InChI=1S/C20H14ClF3N4O2/c21-14-5-1-3-12(7-14)17-9-16(19(30)27-10-18(29)25-11-27)26-28(17)15-6-2-4-13(8-15)20(22,23)24/h1-9H,10-11H2,(H,25,29). The van der Waals surface area contributed by atoms with Gasteiger partial charge >= 0.3 is 6.18 Å². The van der Waals surface area contributed by atoms with Crippen LogP contribution in [0.2, 0.25) is 5.02 Å². The highest BCUT2D eigenvalue weighted by Crippen LogP contribution is 2.32. The smallest absolute Gasteiger partial charge is 0.337 e. The largest absolute Gasteiger partial charge is 0.416 e. The van der Waals surface area contributed by atoms with E-state index >= 15 is 0 Å². The molecule has 154 valence electrons. The van der Waals surface area contributed by atoms with Crippen molar-refractivity contribution in [3.05, 3.63) is 70.9 Å². The molecule has 1 aliphatic heterocycles. The van der Waals surface area contributed by atoms with Crippen molar-refractivity contribution in [2.45, 2.75) is 6.18 Å². The number of amides is 2. The molecule has 2 heterocycles. The molecule has 0 saturated carbocycles. The van der Waals surface area contributed by atoms with Gasteiger partial charge in [0.05, 0.1) is 23.6 Å². The first-order chi connectivity index (χ1) is 14.2. The number of hydrogen-bond acceptors (Lipinski definition) is 3. The van der Waals surface area contributed by atoms with Gasteiger partial charge in [0.25, 0.3) is 5.91 Å². The summed E-state index contributed by atoms with van der Waals surface area (Å²) < 4.78 is 40.8. The zero-order chi connectivity index (χ0) is 21.5. The maximum Gasteiger partial charge on any atom is 0.416 e. The Balaban J connectivity index is 1.83. The topological polar surface area (TPSA) is 67.2 Å². The minimum atomic E-state index is -4.53. The third-order valence-corrected chi connectivity index (χ3v) is 4.79. The zero-order valence-electron chi connectivity index (χ0n) is 15.3. The lowest BCUT2D eigenvalue weighted by atomic mass is 10.1. The SMILES string of the molecule is O=C1CN(C(=O)c2cc(-c3cccc(Cl)c3)n(-c3cccc(C(F)(F)F)c3)n2)CN1. The second kappa shape index (κ2) is 7.49. The lowest BCUT2D eigenvalue weighted by molar-refractivity contribution is -0.137. The number of nitrogens with zero attached hydrogens (tertiary/aromatic N) is 3. The summed E-state index contributed by atoms with van der Waals surface area (Å²) in [5.74, 6) is -0.807. The molecule has 0 spiro atoms. The van der Waals surface area contributed by atoms with Crippen molar-refractivity contribution < 1.29 is 22.8 Å². The van der Waals surface area contributed by atoms with Crippen LogP contribution in [0.25, 0.3) is 16.9 Å². The molecule has 10 heteroatoms. The predicted octanol–water partition coefficient (Wildman–Crippen LogP) is 3.74. The van der Waals surface area contributed by atoms with E-state index in [1.807, 2.05) is 0 Å². The van der Waals surface area contributed by atoms with Crippen molar-refractivity contribution in [3.8, 4) is 16.9 Å². The van der Waals surface area contributed by atoms with Gasteiger partial charge in [-0.05, 0) is 36.4 Å². The monoisotopic (exact) mass is 434 g/mol. The van der Waals surface area contributed by atoms with Crippen molar-refractivity contribution in [2.75, 3.05) is 13.2 Å². The van der Waals surface area contributed by atoms with Gasteiger partial charge in [0, 0.05) is 10.6 Å². The van der Waals surface area contributed by atoms with Gasteiger partial charge < -0.3 is 10.2 Å². The molecule has 1 N–H and O–H groups in total. The van der Waals surface area contributed by atoms with E-state index in [9.17, 15) is 22.8 Å². The van der Waals surface area contributed by atoms with Crippen LogP contribution in [0.5, 0.6) is 0 Å². The van der Waals surface area contributed by atoms with Crippen molar-refractivity contribution in [1.82, 2.24) is 20.0 Å². The highest BCUT2D eigenvalue weighted by molar-refractivity contribution is 6.30. The zero-order valence-corrected chi connectivity index (χ0v) is 16.0. The summed E-state index contributed by atoms with van der Waals surface area (Å²) in [5.41, 5.74) is 0.254. The molecule has 0 atom stereocenters. The molecule has 4 rings (SSSR count). The second-order valence-electron chi connectivity index (χ2n) is 6.65. The van der Waals surface area contributed by atoms with Crippen molar-refractivity contribution >= 4 is 23.4 Å². The number of carbonyl (C=O) groups is 2. The van der Waals surface area contributed by atoms with Gasteiger partial charge in [-0.1, -0.05) is 29.8 Å². The molecule has 1 saturated heterocycles. The van der Waals surface area contributed by atoms with Crippen LogP contribution in [0.1, 0.15) is 16.1 Å². The van der Waals surface area contributed by atoms with Crippen LogP contribution >= 0.6 is 11.6 Å². The van der Waals surface area contributed by atoms with E-state index in [1.54, 1.807) is 24.3 Å². The molecule has 3 aromatic rings. The molecule has 30 heavy (non-hydrogen) atoms. The Morgan fingerprint density at radius 2 is 1.87 bits per heavy atom. The molecule has 2 aromatic carbocycles. The summed E-state index contributed by atoms with van der Waals surface area (Å²) in [6, 6.07) is 12.8. The van der Waals surface area contributed by atoms with Crippen LogP contribution in [0.4, 0.5) is 13.2 Å². The van der Waals surface area contributed by atoms with Gasteiger partial charge in [-0.15, -0.1) is 0 Å². The first-order valence-corrected chi connectivity index (χ1v) is 9.20. The first kappa shape index (κ1) is 20.0. The molecule has 0 unspecified atom stereocenters. The average Bonchev–Trinajstić information content (AvgIpc) is 3.34. The summed E-state index contributed by atoms with van der Waals surface area (Å²) in [4.78, 5) is 25.5. The van der Waals surface area contributed by atoms with E-state index in [0.717, 1.165) is 12.1 Å². The van der Waals surface area contributed by atoms with Crippen molar-refractivity contribution in [2.24, 2.45) is 0 Å². The van der Waals surface area contributed by atoms with Gasteiger partial charge in [0.2, 0.25) is 5.91 Å². The number of alkyl halides is 3. The fraction of sp³-hybridized carbons (Fsp3) is 0.150. The van der Waals surface area contributed by atoms with E-state index < -0.39 is 17.6 Å². The molecule has 0 radical (unpaired) electrons. The number of halogens is 4. The van der Waals surface area contributed by atoms with Gasteiger partial charge in [-0.2, -0.15) is 18.3 Å². The van der Waals surface area contributed by atoms with Crippen LogP contribution in [-0.2, 0) is 11.0 Å². The Morgan fingerprint density at radius 3 is 2.53 bits per heavy atom. The predicted molar refractivity (Wildman–Crippen MR) is 103 cm³/mol. The normalized spacial score (nSPS) is 14.1. The molecule has 1 fully saturated rings. The highest BCUT2D eigenvalue weighted by Gasteiger charge is 2.31. The van der Waals surface area contributed by atoms with Crippen molar-refractivity contribution in [3.63, 3.8) is 0 Å². The number of nitrogens with one attached hydrogen (secondary N) is 1. The maximum absolute atomic E-state index is 13.2. The first-order valence-electron chi connectivity index (χ1n) is 8.82. The molecule has 6 nitrogen and oxygen atoms in total. The molecule has 2 amide bonds. The van der Waals surface area contributed by atoms with E-state index in [2.05, 4.69) is 10.4 Å². The van der Waals surface area contributed by atoms with E-state index in [0.29, 0.717) is 16.3 Å². The third-order valence-electron chi connectivity index (χ3n) is 4.56. The van der Waals surface area contributed by atoms with Gasteiger partial charge in [0.1, 0.15) is 6.54 Å². The number of aromatic nitrogens is 2. The molecular weight excluding hydrogens is 421 g/mol. The fourth-order valence-corrected chi connectivity index (χ4v) is 3.31. The van der Waals surface area contributed by atoms with Gasteiger partial charge in [0.15, 0.2) is 5.69 Å². The number of rotatable bonds is 3. The van der Waals surface area contributed by atoms with Crippen LogP contribution in [0.15, 0.2) is 54.6 Å². The Labute approximate surface area is 173 Å². The summed E-state index contributed by atoms with van der Waals surface area (Å²) in [5, 5.41) is 7.20. The molecule has 0 aliphatic carbocycles. The summed E-state index contributed by atoms with van der Waals surface area (Å²) in [6.07, 6.45) is -4.53. The lowest BCUT2D eigenvalue weighted by Crippen LogP contribution is -2.30. The van der Waals surface area contributed by atoms with Crippen LogP contribution in [0, 0.1) is 0 Å². The molecular formula is C20H14ClF3N4O2. The molecule has 0 bridgehead atoms. The van der Waals surface area contributed by atoms with Gasteiger partial charge in [-0.3, -0.25) is 9.59 Å². The van der Waals surface area contributed by atoms with E-state index in [1.165, 1.54) is 27.8 Å². The Morgan fingerprint density at radius 1 is 1.10 bits per heavy atom. The minimum absolute atomic E-state index is 0.00103. The van der Waals surface area contributed by atoms with E-state index in [4.69, 9.17) is 11.6 Å². The fourth-order valence-electron chi connectivity index (χ4n) is 3.12. The van der Waals surface area contributed by atoms with Crippen LogP contribution < -0.4 is 5.32 Å². The number of carbonyl (C=O) groups excluding carboxylic acids is 2. The Kier molecular flexibility index (Phi) is 4.98. The lowest BCUT2D eigenvalue weighted by Gasteiger charge is -2.12. The summed E-state index contributed by atoms with van der Waals surface area (Å²) in [7, 11) is 0. The summed E-state index contributed by atoms with van der Waals surface area (Å²) in [6.45, 7) is -0.0671. The second-order valence-corrected chi connectivity index (χ2v) is 7.08. The quantitative estimate of drug-likeness (QED) is 0.683. The highest BCUT2D eigenvalue weighted by atomic mass is 35.5. The van der Waals surface area contributed by atoms with Crippen molar-refractivity contribution in [1.29, 1.82) is 0 Å². The molecule has 1 aliphatic rings. The third kappa shape index (κ3) is 3.88. The van der Waals surface area contributed by atoms with Crippen LogP contribution in [-0.4, -0.2) is 39.7 Å². The Bertz CT molecular complexity index is 1140. The van der Waals surface area contributed by atoms with Gasteiger partial charge in [-0.25, -0.2) is 4.68 Å². The van der Waals surface area contributed by atoms with E-state index in [-0.39, 0.29) is 30.5 Å². The molecule has 1 aromatic heterocycles. The van der Waals surface area contributed by atoms with Crippen LogP contribution in [0.3, 0.4) is 0 Å². The summed E-state index contributed by atoms with van der Waals surface area (Å²) >= 11 is 6.07. The number of benzene rings is 2. The average molecular weight is 435 g/mol. The minimum Gasteiger partial charge on any atom is -0.337 e. The Hall–Kier alpha value is -3.33.